The Balaban J connectivity index is 2.38. The molecular weight excluding hydrogens is 158 g/mol. The zero-order valence-electron chi connectivity index (χ0n) is 7.37. The summed E-state index contributed by atoms with van der Waals surface area (Å²) in [6.07, 6.45) is 2.79. The van der Waals surface area contributed by atoms with Crippen LogP contribution in [0.3, 0.4) is 0 Å². The van der Waals surface area contributed by atoms with Crippen molar-refractivity contribution < 1.29 is 8.94 Å². The fourth-order valence-electron chi connectivity index (χ4n) is 0.892. The van der Waals surface area contributed by atoms with Crippen molar-refractivity contribution >= 4 is 0 Å². The SMILES string of the molecule is CCC(C)CCc1noc(=O)o1. The minimum absolute atomic E-state index is 0.403. The molecule has 1 aromatic rings. The van der Waals surface area contributed by atoms with Crippen LogP contribution in [0.1, 0.15) is 32.6 Å². The first kappa shape index (κ1) is 9.03. The monoisotopic (exact) mass is 171 g/mol. The van der Waals surface area contributed by atoms with Gasteiger partial charge in [-0.3, -0.25) is 4.52 Å². The largest absolute Gasteiger partial charge is 0.542 e. The zero-order chi connectivity index (χ0) is 8.97. The van der Waals surface area contributed by atoms with E-state index in [1.807, 2.05) is 0 Å². The lowest BCUT2D eigenvalue weighted by molar-refractivity contribution is 0.333. The maximum absolute atomic E-state index is 10.4. The Hall–Kier alpha value is -1.06. The summed E-state index contributed by atoms with van der Waals surface area (Å²) in [5, 5.41) is 3.47. The van der Waals surface area contributed by atoms with Gasteiger partial charge in [-0.2, -0.15) is 0 Å². The van der Waals surface area contributed by atoms with Crippen LogP contribution in [0.15, 0.2) is 13.7 Å². The number of nitrogens with zero attached hydrogens (tertiary/aromatic N) is 1. The normalized spacial score (nSPS) is 13.2. The Morgan fingerprint density at radius 3 is 2.83 bits per heavy atom. The van der Waals surface area contributed by atoms with Crippen molar-refractivity contribution in [2.45, 2.75) is 33.1 Å². The van der Waals surface area contributed by atoms with Crippen LogP contribution in [0.2, 0.25) is 0 Å². The number of aromatic nitrogens is 1. The summed E-state index contributed by atoms with van der Waals surface area (Å²) in [5.41, 5.74) is 0. The van der Waals surface area contributed by atoms with Gasteiger partial charge in [0.2, 0.25) is 5.89 Å². The van der Waals surface area contributed by atoms with Crippen molar-refractivity contribution in [1.29, 1.82) is 0 Å². The zero-order valence-corrected chi connectivity index (χ0v) is 7.37. The van der Waals surface area contributed by atoms with Gasteiger partial charge in [-0.15, -0.1) is 0 Å². The third-order valence-electron chi connectivity index (χ3n) is 1.97. The number of rotatable bonds is 4. The molecule has 1 unspecified atom stereocenters. The van der Waals surface area contributed by atoms with E-state index in [2.05, 4.69) is 27.9 Å². The molecule has 0 saturated carbocycles. The van der Waals surface area contributed by atoms with E-state index in [9.17, 15) is 4.79 Å². The molecule has 1 atom stereocenters. The molecule has 1 aromatic heterocycles. The Morgan fingerprint density at radius 1 is 1.58 bits per heavy atom. The van der Waals surface area contributed by atoms with E-state index < -0.39 is 5.82 Å². The van der Waals surface area contributed by atoms with Crippen LogP contribution >= 0.6 is 0 Å². The summed E-state index contributed by atoms with van der Waals surface area (Å²) in [5.74, 6) is 0.321. The van der Waals surface area contributed by atoms with Crippen LogP contribution in [0, 0.1) is 5.92 Å². The van der Waals surface area contributed by atoms with Gasteiger partial charge in [0.15, 0.2) is 0 Å². The van der Waals surface area contributed by atoms with Crippen molar-refractivity contribution in [3.63, 3.8) is 0 Å². The Bertz CT molecular complexity index is 276. The molecule has 0 N–H and O–H groups in total. The maximum atomic E-state index is 10.4. The first-order chi connectivity index (χ1) is 5.72. The molecule has 0 fully saturated rings. The maximum Gasteiger partial charge on any atom is 0.542 e. The molecule has 0 bridgehead atoms. The van der Waals surface area contributed by atoms with Crippen LogP contribution in [-0.2, 0) is 6.42 Å². The standard InChI is InChI=1S/C8H13NO3/c1-3-6(2)4-5-7-9-12-8(10)11-7/h6H,3-5H2,1-2H3. The summed E-state index contributed by atoms with van der Waals surface area (Å²) in [6, 6.07) is 0. The van der Waals surface area contributed by atoms with Crippen molar-refractivity contribution in [1.82, 2.24) is 5.16 Å². The molecule has 1 rings (SSSR count). The predicted octanol–water partition coefficient (Wildman–Crippen LogP) is 1.61. The molecule has 4 nitrogen and oxygen atoms in total. The van der Waals surface area contributed by atoms with Gasteiger partial charge in [-0.05, 0) is 17.5 Å². The van der Waals surface area contributed by atoms with E-state index in [4.69, 9.17) is 0 Å². The molecule has 0 aromatic carbocycles. The molecule has 0 aliphatic carbocycles. The molecule has 0 aliphatic rings. The average Bonchev–Trinajstić information content (AvgIpc) is 2.47. The first-order valence-corrected chi connectivity index (χ1v) is 4.18. The third-order valence-corrected chi connectivity index (χ3v) is 1.97. The Kier molecular flexibility index (Phi) is 3.08. The minimum Gasteiger partial charge on any atom is -0.375 e. The Labute approximate surface area is 70.6 Å². The highest BCUT2D eigenvalue weighted by Gasteiger charge is 2.05. The van der Waals surface area contributed by atoms with Crippen molar-refractivity contribution in [3.8, 4) is 0 Å². The summed E-state index contributed by atoms with van der Waals surface area (Å²) in [4.78, 5) is 10.4. The van der Waals surface area contributed by atoms with Crippen LogP contribution < -0.4 is 5.82 Å². The van der Waals surface area contributed by atoms with Gasteiger partial charge in [0.1, 0.15) is 0 Å². The van der Waals surface area contributed by atoms with Crippen LogP contribution in [0.4, 0.5) is 0 Å². The number of hydrogen-bond acceptors (Lipinski definition) is 4. The van der Waals surface area contributed by atoms with Gasteiger partial charge in [0.05, 0.1) is 0 Å². The second-order valence-electron chi connectivity index (χ2n) is 2.98. The van der Waals surface area contributed by atoms with Gasteiger partial charge < -0.3 is 4.42 Å². The van der Waals surface area contributed by atoms with E-state index in [1.54, 1.807) is 0 Å². The third kappa shape index (κ3) is 2.53. The fraction of sp³-hybridized carbons (Fsp3) is 0.750. The summed E-state index contributed by atoms with van der Waals surface area (Å²) in [6.45, 7) is 4.28. The van der Waals surface area contributed by atoms with Gasteiger partial charge in [0.25, 0.3) is 0 Å². The molecule has 4 heteroatoms. The molecule has 1 heterocycles. The second kappa shape index (κ2) is 4.09. The Morgan fingerprint density at radius 2 is 2.33 bits per heavy atom. The smallest absolute Gasteiger partial charge is 0.375 e. The minimum atomic E-state index is -0.714. The van der Waals surface area contributed by atoms with E-state index in [0.29, 0.717) is 18.2 Å². The number of hydrogen-bond donors (Lipinski definition) is 0. The van der Waals surface area contributed by atoms with Gasteiger partial charge in [0, 0.05) is 6.42 Å². The molecule has 0 amide bonds. The lowest BCUT2D eigenvalue weighted by Gasteiger charge is -2.03. The highest BCUT2D eigenvalue weighted by atomic mass is 16.6. The molecule has 0 aliphatic heterocycles. The van der Waals surface area contributed by atoms with Crippen LogP contribution in [0.25, 0.3) is 0 Å². The van der Waals surface area contributed by atoms with Gasteiger partial charge in [-0.1, -0.05) is 20.3 Å². The predicted molar refractivity (Wildman–Crippen MR) is 42.8 cm³/mol. The number of aryl methyl sites for hydroxylation is 1. The fourth-order valence-corrected chi connectivity index (χ4v) is 0.892. The van der Waals surface area contributed by atoms with Crippen molar-refractivity contribution in [3.05, 3.63) is 16.5 Å². The van der Waals surface area contributed by atoms with E-state index in [-0.39, 0.29) is 0 Å². The lowest BCUT2D eigenvalue weighted by Crippen LogP contribution is -1.95. The first-order valence-electron chi connectivity index (χ1n) is 4.18. The van der Waals surface area contributed by atoms with Crippen LogP contribution in [-0.4, -0.2) is 5.16 Å². The molecule has 68 valence electrons. The summed E-state index contributed by atoms with van der Waals surface area (Å²) < 4.78 is 8.90. The average molecular weight is 171 g/mol. The topological polar surface area (TPSA) is 56.2 Å². The molecular formula is C8H13NO3. The van der Waals surface area contributed by atoms with Crippen LogP contribution in [0.5, 0.6) is 0 Å². The molecule has 12 heavy (non-hydrogen) atoms. The molecule has 0 spiro atoms. The van der Waals surface area contributed by atoms with Gasteiger partial charge >= 0.3 is 5.82 Å². The summed E-state index contributed by atoms with van der Waals surface area (Å²) >= 11 is 0. The highest BCUT2D eigenvalue weighted by molar-refractivity contribution is 4.72. The quantitative estimate of drug-likeness (QED) is 0.690. The van der Waals surface area contributed by atoms with E-state index in [0.717, 1.165) is 12.8 Å². The van der Waals surface area contributed by atoms with Gasteiger partial charge in [-0.25, -0.2) is 4.79 Å². The second-order valence-corrected chi connectivity index (χ2v) is 2.98. The van der Waals surface area contributed by atoms with E-state index >= 15 is 0 Å². The molecule has 0 radical (unpaired) electrons. The van der Waals surface area contributed by atoms with E-state index in [1.165, 1.54) is 0 Å². The summed E-state index contributed by atoms with van der Waals surface area (Å²) in [7, 11) is 0. The highest BCUT2D eigenvalue weighted by Crippen LogP contribution is 2.09. The van der Waals surface area contributed by atoms with Crippen molar-refractivity contribution in [2.24, 2.45) is 5.92 Å². The lowest BCUT2D eigenvalue weighted by atomic mass is 10.0. The van der Waals surface area contributed by atoms with Crippen molar-refractivity contribution in [2.75, 3.05) is 0 Å². The molecule has 0 saturated heterocycles.